The van der Waals surface area contributed by atoms with Gasteiger partial charge in [0.25, 0.3) is 0 Å². The smallest absolute Gasteiger partial charge is 0.250 e. The highest BCUT2D eigenvalue weighted by Gasteiger charge is 2.43. The second-order valence-electron chi connectivity index (χ2n) is 5.88. The van der Waals surface area contributed by atoms with Crippen LogP contribution >= 0.6 is 11.6 Å². The predicted octanol–water partition coefficient (Wildman–Crippen LogP) is 2.81. The van der Waals surface area contributed by atoms with Crippen LogP contribution in [0.1, 0.15) is 24.3 Å². The van der Waals surface area contributed by atoms with Gasteiger partial charge in [-0.1, -0.05) is 29.8 Å². The molecule has 1 heterocycles. The zero-order valence-electron chi connectivity index (χ0n) is 12.7. The lowest BCUT2D eigenvalue weighted by molar-refractivity contribution is -0.122. The van der Waals surface area contributed by atoms with Crippen LogP contribution in [0.4, 0.5) is 0 Å². The van der Waals surface area contributed by atoms with Crippen molar-refractivity contribution in [3.8, 4) is 0 Å². The number of rotatable bonds is 6. The molecule has 2 aromatic rings. The number of nitrogens with one attached hydrogen (secondary N) is 1. The molecule has 1 aromatic heterocycles. The van der Waals surface area contributed by atoms with Gasteiger partial charge in [0.2, 0.25) is 11.5 Å². The number of aromatic nitrogens is 1. The second-order valence-corrected chi connectivity index (χ2v) is 6.31. The van der Waals surface area contributed by atoms with Gasteiger partial charge in [-0.15, -0.1) is 0 Å². The first-order valence-corrected chi connectivity index (χ1v) is 8.21. The van der Waals surface area contributed by atoms with Crippen molar-refractivity contribution in [1.82, 2.24) is 9.88 Å². The lowest BCUT2D eigenvalue weighted by Gasteiger charge is -2.07. The molecule has 5 heteroatoms. The number of aryl methyl sites for hydroxylation is 1. The highest BCUT2D eigenvalue weighted by atomic mass is 35.5. The van der Waals surface area contributed by atoms with Crippen molar-refractivity contribution in [3.63, 3.8) is 0 Å². The summed E-state index contributed by atoms with van der Waals surface area (Å²) in [5.41, 5.74) is 1.16. The van der Waals surface area contributed by atoms with Crippen LogP contribution < -0.4 is 10.9 Å². The third-order valence-corrected chi connectivity index (χ3v) is 4.45. The van der Waals surface area contributed by atoms with Gasteiger partial charge < -0.3 is 9.88 Å². The molecule has 0 spiro atoms. The number of halogens is 1. The Morgan fingerprint density at radius 3 is 2.74 bits per heavy atom. The molecule has 2 unspecified atom stereocenters. The van der Waals surface area contributed by atoms with Crippen molar-refractivity contribution in [3.05, 3.63) is 69.6 Å². The van der Waals surface area contributed by atoms with Crippen molar-refractivity contribution in [1.29, 1.82) is 0 Å². The van der Waals surface area contributed by atoms with Crippen molar-refractivity contribution in [2.75, 3.05) is 6.54 Å². The van der Waals surface area contributed by atoms with E-state index in [0.29, 0.717) is 24.0 Å². The minimum atomic E-state index is -0.0104. The second kappa shape index (κ2) is 7.01. The van der Waals surface area contributed by atoms with E-state index >= 15 is 0 Å². The third-order valence-electron chi connectivity index (χ3n) is 4.20. The summed E-state index contributed by atoms with van der Waals surface area (Å²) < 4.78 is 1.65. The number of nitrogens with zero attached hydrogens (tertiary/aromatic N) is 1. The molecule has 1 fully saturated rings. The van der Waals surface area contributed by atoms with E-state index in [1.54, 1.807) is 22.9 Å². The fraction of sp³-hybridized carbons (Fsp3) is 0.333. The zero-order chi connectivity index (χ0) is 16.2. The fourth-order valence-electron chi connectivity index (χ4n) is 2.80. The molecule has 0 radical (unpaired) electrons. The summed E-state index contributed by atoms with van der Waals surface area (Å²) in [5, 5.41) is 3.68. The minimum absolute atomic E-state index is 0.0104. The van der Waals surface area contributed by atoms with Crippen LogP contribution in [0.15, 0.2) is 53.5 Å². The molecule has 2 atom stereocenters. The first-order valence-electron chi connectivity index (χ1n) is 7.84. The Bertz CT molecular complexity index is 739. The highest BCUT2D eigenvalue weighted by molar-refractivity contribution is 6.30. The van der Waals surface area contributed by atoms with Crippen LogP contribution in [-0.4, -0.2) is 17.0 Å². The number of pyridine rings is 1. The van der Waals surface area contributed by atoms with Gasteiger partial charge in [0, 0.05) is 36.3 Å². The molecule has 0 bridgehead atoms. The minimum Gasteiger partial charge on any atom is -0.356 e. The Labute approximate surface area is 140 Å². The summed E-state index contributed by atoms with van der Waals surface area (Å²) in [6.45, 7) is 1.20. The summed E-state index contributed by atoms with van der Waals surface area (Å²) in [4.78, 5) is 23.7. The molecule has 0 aliphatic heterocycles. The maximum absolute atomic E-state index is 12.1. The third kappa shape index (κ3) is 4.02. The Morgan fingerprint density at radius 1 is 1.22 bits per heavy atom. The molecule has 1 aliphatic carbocycles. The molecule has 1 saturated carbocycles. The Morgan fingerprint density at radius 2 is 2.00 bits per heavy atom. The lowest BCUT2D eigenvalue weighted by atomic mass is 10.1. The van der Waals surface area contributed by atoms with Gasteiger partial charge in [-0.25, -0.2) is 0 Å². The number of hydrogen-bond donors (Lipinski definition) is 1. The number of benzene rings is 1. The van der Waals surface area contributed by atoms with Crippen LogP contribution in [0.5, 0.6) is 0 Å². The fourth-order valence-corrected chi connectivity index (χ4v) is 2.93. The predicted molar refractivity (Wildman–Crippen MR) is 90.6 cm³/mol. The summed E-state index contributed by atoms with van der Waals surface area (Å²) in [6.07, 6.45) is 3.40. The molecule has 120 valence electrons. The van der Waals surface area contributed by atoms with E-state index in [4.69, 9.17) is 11.6 Å². The van der Waals surface area contributed by atoms with E-state index in [0.717, 1.165) is 12.8 Å². The number of carbonyl (C=O) groups excluding carboxylic acids is 1. The topological polar surface area (TPSA) is 51.1 Å². The molecule has 1 aromatic carbocycles. The summed E-state index contributed by atoms with van der Waals surface area (Å²) in [6, 6.07) is 12.8. The van der Waals surface area contributed by atoms with Gasteiger partial charge >= 0.3 is 0 Å². The lowest BCUT2D eigenvalue weighted by Crippen LogP contribution is -2.28. The summed E-state index contributed by atoms with van der Waals surface area (Å²) in [7, 11) is 0. The number of carbonyl (C=O) groups is 1. The monoisotopic (exact) mass is 330 g/mol. The van der Waals surface area contributed by atoms with Crippen LogP contribution in [0.3, 0.4) is 0 Å². The van der Waals surface area contributed by atoms with Crippen molar-refractivity contribution in [2.24, 2.45) is 5.92 Å². The maximum atomic E-state index is 12.1. The molecule has 1 amide bonds. The largest absolute Gasteiger partial charge is 0.356 e. The van der Waals surface area contributed by atoms with Gasteiger partial charge in [0.05, 0.1) is 0 Å². The standard InChI is InChI=1S/C18H19ClN2O2/c19-14-7-5-13(6-8-14)15-12-16(15)18(23)20-9-3-11-21-10-2-1-4-17(21)22/h1-2,4-8,10,15-16H,3,9,11-12H2,(H,20,23). The van der Waals surface area contributed by atoms with Crippen LogP contribution in [0, 0.1) is 5.92 Å². The first kappa shape index (κ1) is 15.8. The molecule has 4 nitrogen and oxygen atoms in total. The number of amides is 1. The van der Waals surface area contributed by atoms with Crippen molar-refractivity contribution >= 4 is 17.5 Å². The molecule has 3 rings (SSSR count). The van der Waals surface area contributed by atoms with Gasteiger partial charge in [-0.2, -0.15) is 0 Å². The Hall–Kier alpha value is -2.07. The quantitative estimate of drug-likeness (QED) is 0.828. The maximum Gasteiger partial charge on any atom is 0.250 e. The molecule has 23 heavy (non-hydrogen) atoms. The van der Waals surface area contributed by atoms with E-state index in [1.165, 1.54) is 5.56 Å². The number of hydrogen-bond acceptors (Lipinski definition) is 2. The van der Waals surface area contributed by atoms with E-state index in [1.807, 2.05) is 30.3 Å². The van der Waals surface area contributed by atoms with Gasteiger partial charge in [-0.3, -0.25) is 9.59 Å². The van der Waals surface area contributed by atoms with Crippen LogP contribution in [0.25, 0.3) is 0 Å². The molecule has 1 aliphatic rings. The van der Waals surface area contributed by atoms with Crippen LogP contribution in [-0.2, 0) is 11.3 Å². The van der Waals surface area contributed by atoms with E-state index in [9.17, 15) is 9.59 Å². The molecule has 0 saturated heterocycles. The average Bonchev–Trinajstić information content (AvgIpc) is 3.34. The summed E-state index contributed by atoms with van der Waals surface area (Å²) in [5.74, 6) is 0.477. The Kier molecular flexibility index (Phi) is 4.82. The van der Waals surface area contributed by atoms with Crippen molar-refractivity contribution in [2.45, 2.75) is 25.3 Å². The highest BCUT2D eigenvalue weighted by Crippen LogP contribution is 2.47. The van der Waals surface area contributed by atoms with E-state index in [2.05, 4.69) is 5.32 Å². The van der Waals surface area contributed by atoms with Crippen molar-refractivity contribution < 1.29 is 4.79 Å². The van der Waals surface area contributed by atoms with Gasteiger partial charge in [0.15, 0.2) is 0 Å². The zero-order valence-corrected chi connectivity index (χ0v) is 13.5. The van der Waals surface area contributed by atoms with Gasteiger partial charge in [-0.05, 0) is 42.5 Å². The molecule has 1 N–H and O–H groups in total. The van der Waals surface area contributed by atoms with Gasteiger partial charge in [0.1, 0.15) is 0 Å². The summed E-state index contributed by atoms with van der Waals surface area (Å²) >= 11 is 5.88. The van der Waals surface area contributed by atoms with Crippen LogP contribution in [0.2, 0.25) is 5.02 Å². The van der Waals surface area contributed by atoms with E-state index < -0.39 is 0 Å². The Balaban J connectivity index is 1.42. The van der Waals surface area contributed by atoms with E-state index in [-0.39, 0.29) is 17.4 Å². The SMILES string of the molecule is O=C(NCCCn1ccccc1=O)C1CC1c1ccc(Cl)cc1. The molecular formula is C18H19ClN2O2. The normalized spacial score (nSPS) is 19.3. The molecular weight excluding hydrogens is 312 g/mol. The first-order chi connectivity index (χ1) is 11.1. The average molecular weight is 331 g/mol.